The number of ether oxygens (including phenoxy) is 1. The van der Waals surface area contributed by atoms with Gasteiger partial charge in [0.15, 0.2) is 0 Å². The van der Waals surface area contributed by atoms with Crippen LogP contribution in [-0.2, 0) is 4.74 Å². The molecular formula is C16H23BrN2OS. The van der Waals surface area contributed by atoms with E-state index in [1.54, 1.807) is 0 Å². The molecule has 1 N–H and O–H groups in total. The molecule has 0 radical (unpaired) electrons. The maximum atomic E-state index is 6.17. The molecule has 0 aliphatic carbocycles. The zero-order valence-electron chi connectivity index (χ0n) is 12.5. The van der Waals surface area contributed by atoms with E-state index >= 15 is 0 Å². The van der Waals surface area contributed by atoms with Crippen LogP contribution < -0.4 is 5.32 Å². The van der Waals surface area contributed by atoms with Gasteiger partial charge in [0.05, 0.1) is 17.3 Å². The lowest BCUT2D eigenvalue weighted by Gasteiger charge is -2.41. The Morgan fingerprint density at radius 3 is 3.24 bits per heavy atom. The quantitative estimate of drug-likeness (QED) is 0.873. The van der Waals surface area contributed by atoms with Gasteiger partial charge in [-0.1, -0.05) is 6.92 Å². The van der Waals surface area contributed by atoms with Crippen molar-refractivity contribution in [3.63, 3.8) is 0 Å². The molecular weight excluding hydrogens is 348 g/mol. The monoisotopic (exact) mass is 370 g/mol. The molecule has 2 saturated heterocycles. The van der Waals surface area contributed by atoms with Crippen LogP contribution >= 0.6 is 27.7 Å². The highest BCUT2D eigenvalue weighted by atomic mass is 79.9. The summed E-state index contributed by atoms with van der Waals surface area (Å²) in [5.41, 5.74) is 1.27. The van der Waals surface area contributed by atoms with Crippen molar-refractivity contribution < 1.29 is 4.74 Å². The minimum Gasteiger partial charge on any atom is -0.374 e. The summed E-state index contributed by atoms with van der Waals surface area (Å²) < 4.78 is 7.28. The third kappa shape index (κ3) is 3.46. The van der Waals surface area contributed by atoms with Crippen molar-refractivity contribution in [3.8, 4) is 0 Å². The molecule has 2 aliphatic rings. The molecule has 0 bridgehead atoms. The van der Waals surface area contributed by atoms with Crippen molar-refractivity contribution in [1.82, 2.24) is 10.3 Å². The Balaban J connectivity index is 1.82. The molecule has 5 heteroatoms. The van der Waals surface area contributed by atoms with Gasteiger partial charge < -0.3 is 10.1 Å². The Labute approximate surface area is 139 Å². The van der Waals surface area contributed by atoms with Gasteiger partial charge in [-0.05, 0) is 65.5 Å². The van der Waals surface area contributed by atoms with E-state index in [1.165, 1.54) is 12.2 Å². The van der Waals surface area contributed by atoms with E-state index in [1.807, 2.05) is 24.0 Å². The Morgan fingerprint density at radius 1 is 1.62 bits per heavy atom. The van der Waals surface area contributed by atoms with Crippen LogP contribution in [0.25, 0.3) is 0 Å². The first kappa shape index (κ1) is 15.8. The van der Waals surface area contributed by atoms with Crippen molar-refractivity contribution in [2.75, 3.05) is 24.7 Å². The predicted molar refractivity (Wildman–Crippen MR) is 91.7 cm³/mol. The molecule has 1 aromatic rings. The number of nitrogens with zero attached hydrogens (tertiary/aromatic N) is 1. The zero-order chi connectivity index (χ0) is 14.7. The minimum atomic E-state index is 0.127. The molecule has 2 aliphatic heterocycles. The SMILES string of the molecule is CCNC(c1ncccc1Br)C1CCOC2(CCSC2)C1. The van der Waals surface area contributed by atoms with E-state index in [0.717, 1.165) is 41.9 Å². The number of hydrogen-bond acceptors (Lipinski definition) is 4. The standard InChI is InChI=1S/C16H23BrN2OS/c1-2-18-14(15-13(17)4-3-7-19-15)12-5-8-20-16(10-12)6-9-21-11-16/h3-4,7,12,14,18H,2,5-6,8-11H2,1H3. The van der Waals surface area contributed by atoms with Gasteiger partial charge in [0, 0.05) is 23.0 Å². The maximum absolute atomic E-state index is 6.17. The van der Waals surface area contributed by atoms with Gasteiger partial charge in [-0.2, -0.15) is 11.8 Å². The second-order valence-electron chi connectivity index (χ2n) is 5.99. The van der Waals surface area contributed by atoms with Crippen molar-refractivity contribution in [3.05, 3.63) is 28.5 Å². The molecule has 1 spiro atoms. The van der Waals surface area contributed by atoms with Crippen molar-refractivity contribution >= 4 is 27.7 Å². The highest BCUT2D eigenvalue weighted by Crippen LogP contribution is 2.44. The third-order valence-electron chi connectivity index (χ3n) is 4.58. The molecule has 0 saturated carbocycles. The van der Waals surface area contributed by atoms with Gasteiger partial charge >= 0.3 is 0 Å². The van der Waals surface area contributed by atoms with E-state index in [0.29, 0.717) is 12.0 Å². The summed E-state index contributed by atoms with van der Waals surface area (Å²) in [7, 11) is 0. The van der Waals surface area contributed by atoms with Gasteiger partial charge in [0.25, 0.3) is 0 Å². The Hall–Kier alpha value is -0.100. The molecule has 3 heterocycles. The van der Waals surface area contributed by atoms with Gasteiger partial charge in [-0.15, -0.1) is 0 Å². The zero-order valence-corrected chi connectivity index (χ0v) is 14.9. The summed E-state index contributed by atoms with van der Waals surface area (Å²) in [5, 5.41) is 3.66. The molecule has 2 fully saturated rings. The van der Waals surface area contributed by atoms with Crippen LogP contribution in [0.1, 0.15) is 37.9 Å². The fourth-order valence-electron chi connectivity index (χ4n) is 3.55. The van der Waals surface area contributed by atoms with E-state index in [-0.39, 0.29) is 5.60 Å². The van der Waals surface area contributed by atoms with E-state index in [9.17, 15) is 0 Å². The highest BCUT2D eigenvalue weighted by Gasteiger charge is 2.43. The molecule has 3 nitrogen and oxygen atoms in total. The number of thioether (sulfide) groups is 1. The molecule has 3 rings (SSSR count). The smallest absolute Gasteiger partial charge is 0.0783 e. The minimum absolute atomic E-state index is 0.127. The normalized spacial score (nSPS) is 30.7. The fourth-order valence-corrected chi connectivity index (χ4v) is 5.43. The van der Waals surface area contributed by atoms with Crippen LogP contribution in [-0.4, -0.2) is 35.2 Å². The van der Waals surface area contributed by atoms with E-state index < -0.39 is 0 Å². The number of pyridine rings is 1. The van der Waals surface area contributed by atoms with Gasteiger partial charge in [-0.3, -0.25) is 4.98 Å². The number of nitrogens with one attached hydrogen (secondary N) is 1. The predicted octanol–water partition coefficient (Wildman–Crippen LogP) is 3.80. The summed E-state index contributed by atoms with van der Waals surface area (Å²) in [6.45, 7) is 4.02. The first-order valence-electron chi connectivity index (χ1n) is 7.79. The highest BCUT2D eigenvalue weighted by molar-refractivity contribution is 9.10. The van der Waals surface area contributed by atoms with E-state index in [4.69, 9.17) is 4.74 Å². The second kappa shape index (κ2) is 6.99. The third-order valence-corrected chi connectivity index (χ3v) is 6.47. The van der Waals surface area contributed by atoms with Crippen molar-refractivity contribution in [2.24, 2.45) is 5.92 Å². The average Bonchev–Trinajstić information content (AvgIpc) is 2.93. The first-order chi connectivity index (χ1) is 10.2. The van der Waals surface area contributed by atoms with Crippen LogP contribution in [0.2, 0.25) is 0 Å². The van der Waals surface area contributed by atoms with Gasteiger partial charge in [0.2, 0.25) is 0 Å². The summed E-state index contributed by atoms with van der Waals surface area (Å²) >= 11 is 5.71. The number of rotatable bonds is 4. The topological polar surface area (TPSA) is 34.2 Å². The Bertz CT molecular complexity index is 479. The van der Waals surface area contributed by atoms with E-state index in [2.05, 4.69) is 39.2 Å². The summed E-state index contributed by atoms with van der Waals surface area (Å²) in [6.07, 6.45) is 5.37. The lowest BCUT2D eigenvalue weighted by Crippen LogP contribution is -2.44. The maximum Gasteiger partial charge on any atom is 0.0783 e. The molecule has 116 valence electrons. The van der Waals surface area contributed by atoms with Crippen LogP contribution in [0.15, 0.2) is 22.8 Å². The molecule has 3 unspecified atom stereocenters. The largest absolute Gasteiger partial charge is 0.374 e. The molecule has 0 amide bonds. The Kier molecular flexibility index (Phi) is 5.25. The summed E-state index contributed by atoms with van der Waals surface area (Å²) in [4.78, 5) is 4.63. The second-order valence-corrected chi connectivity index (χ2v) is 7.95. The lowest BCUT2D eigenvalue weighted by molar-refractivity contribution is -0.0856. The summed E-state index contributed by atoms with van der Waals surface area (Å²) in [5.74, 6) is 3.00. The van der Waals surface area contributed by atoms with Crippen molar-refractivity contribution in [2.45, 2.75) is 37.8 Å². The molecule has 21 heavy (non-hydrogen) atoms. The number of halogens is 1. The van der Waals surface area contributed by atoms with Crippen LogP contribution in [0.5, 0.6) is 0 Å². The summed E-state index contributed by atoms with van der Waals surface area (Å²) in [6, 6.07) is 4.39. The average molecular weight is 371 g/mol. The fraction of sp³-hybridized carbons (Fsp3) is 0.688. The number of hydrogen-bond donors (Lipinski definition) is 1. The van der Waals surface area contributed by atoms with Gasteiger partial charge in [0.1, 0.15) is 0 Å². The molecule has 0 aromatic carbocycles. The van der Waals surface area contributed by atoms with Crippen LogP contribution in [0.3, 0.4) is 0 Å². The first-order valence-corrected chi connectivity index (χ1v) is 9.74. The van der Waals surface area contributed by atoms with Crippen LogP contribution in [0, 0.1) is 5.92 Å². The molecule has 1 aromatic heterocycles. The van der Waals surface area contributed by atoms with Crippen LogP contribution in [0.4, 0.5) is 0 Å². The lowest BCUT2D eigenvalue weighted by atomic mass is 9.80. The van der Waals surface area contributed by atoms with Crippen molar-refractivity contribution in [1.29, 1.82) is 0 Å². The number of aromatic nitrogens is 1. The molecule has 3 atom stereocenters. The Morgan fingerprint density at radius 2 is 2.52 bits per heavy atom. The van der Waals surface area contributed by atoms with Gasteiger partial charge in [-0.25, -0.2) is 0 Å².